The minimum absolute atomic E-state index is 1.25. The number of fused-ring (bicyclic) bond motifs is 13. The van der Waals surface area contributed by atoms with Gasteiger partial charge in [-0.3, -0.25) is 0 Å². The molecule has 11 aromatic carbocycles. The predicted molar refractivity (Wildman–Crippen MR) is 224 cm³/mol. The summed E-state index contributed by atoms with van der Waals surface area (Å²) in [7, 11) is 0. The van der Waals surface area contributed by atoms with Gasteiger partial charge in [0.15, 0.2) is 0 Å². The van der Waals surface area contributed by atoms with Crippen molar-refractivity contribution in [3.8, 4) is 44.5 Å². The third-order valence-electron chi connectivity index (χ3n) is 11.7. The van der Waals surface area contributed by atoms with E-state index in [1.165, 1.54) is 120 Å². The van der Waals surface area contributed by atoms with Crippen LogP contribution in [0, 0.1) is 0 Å². The maximum atomic E-state index is 2.44. The van der Waals surface area contributed by atoms with E-state index in [9.17, 15) is 0 Å². The summed E-state index contributed by atoms with van der Waals surface area (Å²) in [4.78, 5) is 0. The van der Waals surface area contributed by atoms with Crippen molar-refractivity contribution in [3.05, 3.63) is 182 Å². The Hall–Kier alpha value is -6.76. The van der Waals surface area contributed by atoms with Crippen molar-refractivity contribution in [1.29, 1.82) is 0 Å². The molecule has 0 heterocycles. The molecule has 0 saturated carbocycles. The number of hydrogen-bond donors (Lipinski definition) is 0. The van der Waals surface area contributed by atoms with Crippen molar-refractivity contribution >= 4 is 75.4 Å². The predicted octanol–water partition coefficient (Wildman–Crippen LogP) is 14.7. The van der Waals surface area contributed by atoms with Crippen LogP contribution in [0.2, 0.25) is 0 Å². The smallest absolute Gasteiger partial charge is 0.00201 e. The van der Waals surface area contributed by atoms with Gasteiger partial charge in [0.25, 0.3) is 0 Å². The molecule has 1 aliphatic rings. The lowest BCUT2D eigenvalue weighted by Gasteiger charge is -2.15. The third kappa shape index (κ3) is 3.76. The van der Waals surface area contributed by atoms with Crippen LogP contribution in [0.25, 0.3) is 120 Å². The Morgan fingerprint density at radius 2 is 0.731 bits per heavy atom. The lowest BCUT2D eigenvalue weighted by molar-refractivity contribution is 1.66. The molecule has 0 saturated heterocycles. The molecule has 0 radical (unpaired) electrons. The zero-order chi connectivity index (χ0) is 33.9. The molecule has 0 fully saturated rings. The van der Waals surface area contributed by atoms with Gasteiger partial charge in [-0.2, -0.15) is 0 Å². The SMILES string of the molecule is c1ccc2c(c1)ccc1cc(-c3ccc4c5c(cccc35)-c3cc(-c5cc6ccccc6c6c5ccc5ccccc56)ccc3-4)c3ccccc3c12. The van der Waals surface area contributed by atoms with Crippen LogP contribution in [0.3, 0.4) is 0 Å². The van der Waals surface area contributed by atoms with E-state index in [1.807, 2.05) is 0 Å². The van der Waals surface area contributed by atoms with Crippen LogP contribution in [-0.2, 0) is 0 Å². The zero-order valence-electron chi connectivity index (χ0n) is 28.3. The first-order valence-corrected chi connectivity index (χ1v) is 18.2. The van der Waals surface area contributed by atoms with Gasteiger partial charge in [-0.05, 0) is 138 Å². The molecular formula is C52H30. The fourth-order valence-corrected chi connectivity index (χ4v) is 9.47. The molecule has 0 aliphatic heterocycles. The summed E-state index contributed by atoms with van der Waals surface area (Å²) in [5.74, 6) is 0. The molecule has 0 heteroatoms. The summed E-state index contributed by atoms with van der Waals surface area (Å²) in [6.45, 7) is 0. The molecule has 0 aromatic heterocycles. The second-order valence-electron chi connectivity index (χ2n) is 14.4. The molecule has 0 nitrogen and oxygen atoms in total. The molecular weight excluding hydrogens is 625 g/mol. The molecule has 0 atom stereocenters. The van der Waals surface area contributed by atoms with Gasteiger partial charge >= 0.3 is 0 Å². The van der Waals surface area contributed by atoms with Crippen LogP contribution in [-0.4, -0.2) is 0 Å². The van der Waals surface area contributed by atoms with Crippen molar-refractivity contribution < 1.29 is 0 Å². The minimum atomic E-state index is 1.25. The maximum absolute atomic E-state index is 2.44. The quantitative estimate of drug-likeness (QED) is 0.163. The monoisotopic (exact) mass is 654 g/mol. The van der Waals surface area contributed by atoms with E-state index in [4.69, 9.17) is 0 Å². The lowest BCUT2D eigenvalue weighted by atomic mass is 9.88. The van der Waals surface area contributed by atoms with Gasteiger partial charge in [0.05, 0.1) is 0 Å². The number of hydrogen-bond acceptors (Lipinski definition) is 0. The maximum Gasteiger partial charge on any atom is -0.00201 e. The highest BCUT2D eigenvalue weighted by Crippen LogP contribution is 2.52. The average molecular weight is 655 g/mol. The van der Waals surface area contributed by atoms with Crippen LogP contribution >= 0.6 is 0 Å². The first-order chi connectivity index (χ1) is 25.8. The van der Waals surface area contributed by atoms with Crippen molar-refractivity contribution in [2.24, 2.45) is 0 Å². The molecule has 1 aliphatic carbocycles. The fourth-order valence-electron chi connectivity index (χ4n) is 9.47. The summed E-state index contributed by atoms with van der Waals surface area (Å²) in [6, 6.07) is 68.1. The van der Waals surface area contributed by atoms with E-state index in [1.54, 1.807) is 0 Å². The van der Waals surface area contributed by atoms with Crippen LogP contribution in [0.5, 0.6) is 0 Å². The van der Waals surface area contributed by atoms with E-state index >= 15 is 0 Å². The van der Waals surface area contributed by atoms with Crippen LogP contribution in [0.1, 0.15) is 0 Å². The highest BCUT2D eigenvalue weighted by Gasteiger charge is 2.25. The fraction of sp³-hybridized carbons (Fsp3) is 0. The van der Waals surface area contributed by atoms with Crippen molar-refractivity contribution in [2.45, 2.75) is 0 Å². The Balaban J connectivity index is 1.09. The second-order valence-corrected chi connectivity index (χ2v) is 14.4. The summed E-state index contributed by atoms with van der Waals surface area (Å²) in [5.41, 5.74) is 10.4. The Kier molecular flexibility index (Phi) is 5.59. The van der Waals surface area contributed by atoms with Gasteiger partial charge in [0, 0.05) is 0 Å². The van der Waals surface area contributed by atoms with E-state index in [0.29, 0.717) is 0 Å². The minimum Gasteiger partial charge on any atom is -0.0616 e. The lowest BCUT2D eigenvalue weighted by Crippen LogP contribution is -1.88. The van der Waals surface area contributed by atoms with E-state index in [2.05, 4.69) is 182 Å². The Morgan fingerprint density at radius 3 is 1.54 bits per heavy atom. The summed E-state index contributed by atoms with van der Waals surface area (Å²) in [5, 5.41) is 18.2. The van der Waals surface area contributed by atoms with Crippen molar-refractivity contribution in [1.82, 2.24) is 0 Å². The van der Waals surface area contributed by atoms with E-state index < -0.39 is 0 Å². The van der Waals surface area contributed by atoms with Gasteiger partial charge < -0.3 is 0 Å². The highest BCUT2D eigenvalue weighted by atomic mass is 14.3. The highest BCUT2D eigenvalue weighted by molar-refractivity contribution is 6.27. The van der Waals surface area contributed by atoms with Gasteiger partial charge in [-0.15, -0.1) is 0 Å². The van der Waals surface area contributed by atoms with Gasteiger partial charge in [0.1, 0.15) is 0 Å². The normalized spacial score (nSPS) is 12.2. The molecule has 238 valence electrons. The first kappa shape index (κ1) is 28.0. The molecule has 0 bridgehead atoms. The molecule has 0 spiro atoms. The summed E-state index contributed by atoms with van der Waals surface area (Å²) < 4.78 is 0. The molecule has 0 N–H and O–H groups in total. The largest absolute Gasteiger partial charge is 0.0616 e. The number of rotatable bonds is 2. The van der Waals surface area contributed by atoms with Crippen LogP contribution < -0.4 is 0 Å². The topological polar surface area (TPSA) is 0 Å². The Bertz CT molecular complexity index is 3330. The molecule has 0 amide bonds. The molecule has 12 rings (SSSR count). The summed E-state index contributed by atoms with van der Waals surface area (Å²) in [6.07, 6.45) is 0. The first-order valence-electron chi connectivity index (χ1n) is 18.2. The molecule has 0 unspecified atom stereocenters. The number of benzene rings is 11. The molecule has 11 aromatic rings. The second kappa shape index (κ2) is 10.4. The van der Waals surface area contributed by atoms with Gasteiger partial charge in [-0.25, -0.2) is 0 Å². The van der Waals surface area contributed by atoms with Crippen LogP contribution in [0.15, 0.2) is 182 Å². The third-order valence-corrected chi connectivity index (χ3v) is 11.7. The summed E-state index contributed by atoms with van der Waals surface area (Å²) >= 11 is 0. The van der Waals surface area contributed by atoms with E-state index in [0.717, 1.165) is 0 Å². The van der Waals surface area contributed by atoms with Gasteiger partial charge in [-0.1, -0.05) is 164 Å². The standard InChI is InChI=1S/C52H30/c1-4-13-36-31(10-1)20-21-35-30-48(39-16-7-8-17-42(39)50(35)36)41-26-27-45-40-24-23-34(29-49(40)44-19-9-18-43(41)52(44)45)47-28-33-12-3-6-15-38(33)51-37-14-5-2-11-32(37)22-25-46(47)51/h1-30H. The Morgan fingerprint density at radius 1 is 0.192 bits per heavy atom. The molecule has 52 heavy (non-hydrogen) atoms. The average Bonchev–Trinajstić information content (AvgIpc) is 3.54. The van der Waals surface area contributed by atoms with Crippen LogP contribution in [0.4, 0.5) is 0 Å². The van der Waals surface area contributed by atoms with E-state index in [-0.39, 0.29) is 0 Å². The van der Waals surface area contributed by atoms with Gasteiger partial charge in [0.2, 0.25) is 0 Å². The van der Waals surface area contributed by atoms with Crippen molar-refractivity contribution in [3.63, 3.8) is 0 Å². The van der Waals surface area contributed by atoms with Crippen molar-refractivity contribution in [2.75, 3.05) is 0 Å². The zero-order valence-corrected chi connectivity index (χ0v) is 28.3. The Labute approximate surface area is 300 Å².